The van der Waals surface area contributed by atoms with Crippen molar-refractivity contribution in [2.45, 2.75) is 30.3 Å². The normalized spacial score (nSPS) is 14.2. The maximum atomic E-state index is 12.7. The summed E-state index contributed by atoms with van der Waals surface area (Å²) in [5.74, 6) is -2.88. The minimum Gasteiger partial charge on any atom is -0.475 e. The number of hydrogen-bond acceptors (Lipinski definition) is 9. The van der Waals surface area contributed by atoms with E-state index in [-0.39, 0.29) is 16.5 Å². The molecule has 12 nitrogen and oxygen atoms in total. The molecule has 198 valence electrons. The number of alkyl halides is 3. The van der Waals surface area contributed by atoms with Crippen molar-refractivity contribution in [3.63, 3.8) is 0 Å². The van der Waals surface area contributed by atoms with Gasteiger partial charge >= 0.3 is 18.2 Å². The number of anilines is 1. The zero-order chi connectivity index (χ0) is 27.1. The van der Waals surface area contributed by atoms with Gasteiger partial charge in [-0.2, -0.15) is 22.5 Å². The molecule has 1 aromatic carbocycles. The van der Waals surface area contributed by atoms with Gasteiger partial charge in [-0.3, -0.25) is 15.2 Å². The standard InChI is InChI=1S/C19H20N6O4S.C2HF3O2/c26-18(22-23-19-21-17(24-29-19)14-8-10-20-11-9-14)15-4-6-16(7-5-15)30(27,28)25-12-2-1-3-13-25;3-2(4,5)1(6)7/h4-11H,1-3,12-13H2,(H,22,26)(H,21,23,24);(H,6,7). The number of nitrogens with zero attached hydrogens (tertiary/aromatic N) is 4. The van der Waals surface area contributed by atoms with Crippen LogP contribution in [-0.4, -0.2) is 64.1 Å². The molecule has 0 saturated carbocycles. The molecular weight excluding hydrogens is 521 g/mol. The Balaban J connectivity index is 0.000000479. The van der Waals surface area contributed by atoms with Crippen LogP contribution in [0.2, 0.25) is 0 Å². The van der Waals surface area contributed by atoms with Crippen LogP contribution in [0.5, 0.6) is 0 Å². The Kier molecular flexibility index (Phi) is 8.77. The average Bonchev–Trinajstić information content (AvgIpc) is 3.37. The molecule has 4 rings (SSSR count). The van der Waals surface area contributed by atoms with Gasteiger partial charge in [0, 0.05) is 36.6 Å². The number of aliphatic carboxylic acids is 1. The first-order valence-corrected chi connectivity index (χ1v) is 12.1. The number of hydrazine groups is 1. The highest BCUT2D eigenvalue weighted by Gasteiger charge is 2.38. The van der Waals surface area contributed by atoms with Crippen molar-refractivity contribution < 1.29 is 40.8 Å². The van der Waals surface area contributed by atoms with Crippen LogP contribution in [0.15, 0.2) is 58.2 Å². The van der Waals surface area contributed by atoms with E-state index in [9.17, 15) is 26.4 Å². The number of carboxylic acid groups (broad SMARTS) is 1. The summed E-state index contributed by atoms with van der Waals surface area (Å²) in [6.07, 6.45) is 0.904. The van der Waals surface area contributed by atoms with Crippen molar-refractivity contribution in [2.24, 2.45) is 0 Å². The summed E-state index contributed by atoms with van der Waals surface area (Å²) in [7, 11) is -3.54. The number of hydrogen-bond donors (Lipinski definition) is 3. The molecule has 1 aliphatic rings. The predicted molar refractivity (Wildman–Crippen MR) is 121 cm³/mol. The van der Waals surface area contributed by atoms with Gasteiger partial charge < -0.3 is 9.63 Å². The summed E-state index contributed by atoms with van der Waals surface area (Å²) in [5, 5.41) is 10.9. The van der Waals surface area contributed by atoms with Crippen LogP contribution >= 0.6 is 0 Å². The highest BCUT2D eigenvalue weighted by atomic mass is 32.2. The SMILES string of the molecule is O=C(NNc1nc(-c2ccncc2)no1)c1ccc(S(=O)(=O)N2CCCCC2)cc1.O=C(O)C(F)(F)F. The fourth-order valence-corrected chi connectivity index (χ4v) is 4.62. The zero-order valence-corrected chi connectivity index (χ0v) is 19.8. The minimum absolute atomic E-state index is 0.0134. The number of rotatable bonds is 6. The zero-order valence-electron chi connectivity index (χ0n) is 19.0. The van der Waals surface area contributed by atoms with Crippen LogP contribution < -0.4 is 10.9 Å². The molecule has 0 unspecified atom stereocenters. The molecule has 3 heterocycles. The summed E-state index contributed by atoms with van der Waals surface area (Å²) >= 11 is 0. The highest BCUT2D eigenvalue weighted by molar-refractivity contribution is 7.89. The van der Waals surface area contributed by atoms with Gasteiger partial charge in [-0.25, -0.2) is 18.6 Å². The molecule has 37 heavy (non-hydrogen) atoms. The lowest BCUT2D eigenvalue weighted by atomic mass is 10.2. The Morgan fingerprint density at radius 1 is 1.00 bits per heavy atom. The van der Waals surface area contributed by atoms with Crippen LogP contribution in [0, 0.1) is 0 Å². The molecule has 3 aromatic rings. The third kappa shape index (κ3) is 7.47. The summed E-state index contributed by atoms with van der Waals surface area (Å²) in [6.45, 7) is 1.06. The first-order chi connectivity index (χ1) is 17.5. The number of sulfonamides is 1. The number of carboxylic acids is 1. The summed E-state index contributed by atoms with van der Waals surface area (Å²) in [5.41, 5.74) is 6.00. The molecular formula is C21H21F3N6O6S. The molecule has 0 bridgehead atoms. The average molecular weight is 542 g/mol. The van der Waals surface area contributed by atoms with Gasteiger partial charge in [0.2, 0.25) is 15.8 Å². The number of amides is 1. The summed E-state index contributed by atoms with van der Waals surface area (Å²) < 4.78 is 63.6. The first kappa shape index (κ1) is 27.5. The molecule has 0 radical (unpaired) electrons. The fourth-order valence-electron chi connectivity index (χ4n) is 3.11. The second-order valence-corrected chi connectivity index (χ2v) is 9.47. The molecule has 3 N–H and O–H groups in total. The quantitative estimate of drug-likeness (QED) is 0.394. The number of carbonyl (C=O) groups excluding carboxylic acids is 1. The van der Waals surface area contributed by atoms with Crippen LogP contribution in [0.25, 0.3) is 11.4 Å². The lowest BCUT2D eigenvalue weighted by molar-refractivity contribution is -0.192. The van der Waals surface area contributed by atoms with Gasteiger partial charge in [0.15, 0.2) is 0 Å². The van der Waals surface area contributed by atoms with Crippen molar-refractivity contribution in [2.75, 3.05) is 18.5 Å². The van der Waals surface area contributed by atoms with E-state index in [1.807, 2.05) is 0 Å². The van der Waals surface area contributed by atoms with E-state index in [0.29, 0.717) is 18.9 Å². The van der Waals surface area contributed by atoms with Crippen molar-refractivity contribution in [1.82, 2.24) is 24.9 Å². The number of halogens is 3. The number of nitrogens with one attached hydrogen (secondary N) is 2. The highest BCUT2D eigenvalue weighted by Crippen LogP contribution is 2.21. The second-order valence-electron chi connectivity index (χ2n) is 7.53. The third-order valence-electron chi connectivity index (χ3n) is 4.96. The monoisotopic (exact) mass is 542 g/mol. The Labute approximate surface area is 208 Å². The maximum Gasteiger partial charge on any atom is 0.490 e. The molecule has 1 fully saturated rings. The molecule has 0 atom stereocenters. The lowest BCUT2D eigenvalue weighted by Crippen LogP contribution is -2.35. The van der Waals surface area contributed by atoms with E-state index >= 15 is 0 Å². The summed E-state index contributed by atoms with van der Waals surface area (Å²) in [4.78, 5) is 29.4. The number of benzene rings is 1. The Hall–Kier alpha value is -4.05. The van der Waals surface area contributed by atoms with Gasteiger partial charge in [0.1, 0.15) is 0 Å². The Bertz CT molecular complexity index is 1310. The van der Waals surface area contributed by atoms with Crippen molar-refractivity contribution in [3.05, 3.63) is 54.4 Å². The number of carbonyl (C=O) groups is 2. The molecule has 2 aromatic heterocycles. The van der Waals surface area contributed by atoms with E-state index in [1.54, 1.807) is 24.5 Å². The fraction of sp³-hybridized carbons (Fsp3) is 0.286. The van der Waals surface area contributed by atoms with Crippen LogP contribution in [0.1, 0.15) is 29.6 Å². The van der Waals surface area contributed by atoms with Gasteiger partial charge in [0.25, 0.3) is 5.91 Å². The Morgan fingerprint density at radius 2 is 1.59 bits per heavy atom. The maximum absolute atomic E-state index is 12.7. The second kappa shape index (κ2) is 11.8. The summed E-state index contributed by atoms with van der Waals surface area (Å²) in [6, 6.07) is 9.27. The van der Waals surface area contributed by atoms with E-state index < -0.39 is 28.1 Å². The largest absolute Gasteiger partial charge is 0.490 e. The van der Waals surface area contributed by atoms with Gasteiger partial charge in [-0.15, -0.1) is 0 Å². The van der Waals surface area contributed by atoms with Crippen LogP contribution in [0.4, 0.5) is 19.2 Å². The number of aromatic nitrogens is 3. The molecule has 16 heteroatoms. The molecule has 1 aliphatic heterocycles. The number of pyridine rings is 1. The lowest BCUT2D eigenvalue weighted by Gasteiger charge is -2.25. The van der Waals surface area contributed by atoms with Crippen molar-refractivity contribution >= 4 is 27.9 Å². The van der Waals surface area contributed by atoms with Gasteiger partial charge in [-0.1, -0.05) is 11.6 Å². The Morgan fingerprint density at radius 3 is 2.16 bits per heavy atom. The molecule has 0 aliphatic carbocycles. The van der Waals surface area contributed by atoms with E-state index in [2.05, 4.69) is 26.0 Å². The third-order valence-corrected chi connectivity index (χ3v) is 6.87. The topological polar surface area (TPSA) is 168 Å². The molecule has 1 amide bonds. The van der Waals surface area contributed by atoms with Crippen LogP contribution in [0.3, 0.4) is 0 Å². The van der Waals surface area contributed by atoms with Gasteiger partial charge in [0.05, 0.1) is 4.90 Å². The smallest absolute Gasteiger partial charge is 0.475 e. The van der Waals surface area contributed by atoms with Crippen molar-refractivity contribution in [1.29, 1.82) is 0 Å². The molecule has 0 spiro atoms. The minimum atomic E-state index is -5.08. The number of piperidine rings is 1. The van der Waals surface area contributed by atoms with E-state index in [4.69, 9.17) is 14.4 Å². The van der Waals surface area contributed by atoms with E-state index in [0.717, 1.165) is 24.8 Å². The van der Waals surface area contributed by atoms with Gasteiger partial charge in [-0.05, 0) is 49.2 Å². The van der Waals surface area contributed by atoms with E-state index in [1.165, 1.54) is 28.6 Å². The van der Waals surface area contributed by atoms with Crippen LogP contribution in [-0.2, 0) is 14.8 Å². The van der Waals surface area contributed by atoms with Crippen molar-refractivity contribution in [3.8, 4) is 11.4 Å². The molecule has 1 saturated heterocycles. The predicted octanol–water partition coefficient (Wildman–Crippen LogP) is 2.70. The first-order valence-electron chi connectivity index (χ1n) is 10.7.